The van der Waals surface area contributed by atoms with E-state index in [1.165, 1.54) is 22.6 Å². The van der Waals surface area contributed by atoms with Crippen LogP contribution in [0.5, 0.6) is 5.75 Å². The number of aryl methyl sites for hydroxylation is 1. The predicted octanol–water partition coefficient (Wildman–Crippen LogP) is 3.04. The number of anilines is 3. The van der Waals surface area contributed by atoms with Gasteiger partial charge in [-0.3, -0.25) is 4.79 Å². The third-order valence-corrected chi connectivity index (χ3v) is 6.74. The first kappa shape index (κ1) is 20.9. The van der Waals surface area contributed by atoms with Crippen molar-refractivity contribution in [2.45, 2.75) is 32.7 Å². The summed E-state index contributed by atoms with van der Waals surface area (Å²) in [4.78, 5) is 24.8. The number of rotatable bonds is 5. The molecule has 3 heterocycles. The van der Waals surface area contributed by atoms with Crippen LogP contribution in [0.15, 0.2) is 12.1 Å². The summed E-state index contributed by atoms with van der Waals surface area (Å²) >= 11 is 1.47. The van der Waals surface area contributed by atoms with Gasteiger partial charge in [-0.2, -0.15) is 0 Å². The first-order chi connectivity index (χ1) is 14.1. The molecule has 0 fully saturated rings. The number of carbonyl (C=O) groups is 1. The molecule has 2 aliphatic rings. The lowest BCUT2D eigenvalue weighted by Gasteiger charge is -2.32. The quantitative estimate of drug-likeness (QED) is 0.788. The monoisotopic (exact) mass is 429 g/mol. The molecule has 2 aromatic rings. The summed E-state index contributed by atoms with van der Waals surface area (Å²) in [5.74, 6) is 0.851. The van der Waals surface area contributed by atoms with Crippen molar-refractivity contribution in [3.63, 3.8) is 0 Å². The number of nitrogens with zero attached hydrogens (tertiary/aromatic N) is 4. The summed E-state index contributed by atoms with van der Waals surface area (Å²) in [7, 11) is 6.29. The fraction of sp³-hybridized carbons (Fsp3) is 0.545. The minimum atomic E-state index is -0.263. The average molecular weight is 430 g/mol. The number of fused-ring (bicyclic) bond motifs is 2. The molecule has 0 radical (unpaired) electrons. The molecule has 0 bridgehead atoms. The molecule has 1 aromatic carbocycles. The van der Waals surface area contributed by atoms with Crippen LogP contribution in [0.4, 0.5) is 16.5 Å². The minimum absolute atomic E-state index is 0.0208. The number of hydrogen-bond acceptors (Lipinski definition) is 7. The van der Waals surface area contributed by atoms with Crippen molar-refractivity contribution in [3.8, 4) is 5.75 Å². The van der Waals surface area contributed by atoms with Gasteiger partial charge >= 0.3 is 0 Å². The van der Waals surface area contributed by atoms with Crippen molar-refractivity contribution in [1.82, 2.24) is 15.2 Å². The third-order valence-electron chi connectivity index (χ3n) is 5.62. The predicted molar refractivity (Wildman–Crippen MR) is 123 cm³/mol. The fourth-order valence-electron chi connectivity index (χ4n) is 4.02. The average Bonchev–Trinajstić information content (AvgIpc) is 3.08. The molecule has 0 atom stereocenters. The molecule has 0 saturated carbocycles. The first-order valence-corrected chi connectivity index (χ1v) is 11.2. The Morgan fingerprint density at radius 1 is 1.27 bits per heavy atom. The van der Waals surface area contributed by atoms with Gasteiger partial charge in [0.25, 0.3) is 5.91 Å². The molecule has 8 heteroatoms. The molecule has 7 nitrogen and oxygen atoms in total. The van der Waals surface area contributed by atoms with E-state index in [1.54, 1.807) is 0 Å². The normalized spacial score (nSPS) is 17.3. The van der Waals surface area contributed by atoms with Crippen LogP contribution in [0, 0.1) is 6.92 Å². The highest BCUT2D eigenvalue weighted by molar-refractivity contribution is 7.17. The van der Waals surface area contributed by atoms with Gasteiger partial charge in [-0.25, -0.2) is 4.98 Å². The van der Waals surface area contributed by atoms with Gasteiger partial charge in [0.05, 0.1) is 17.9 Å². The topological polar surface area (TPSA) is 60.9 Å². The van der Waals surface area contributed by atoms with Crippen molar-refractivity contribution in [1.29, 1.82) is 0 Å². The Kier molecular flexibility index (Phi) is 5.40. The molecule has 2 aliphatic heterocycles. The Bertz CT molecular complexity index is 969. The number of carbonyl (C=O) groups excluding carboxylic acids is 1. The van der Waals surface area contributed by atoms with E-state index in [2.05, 4.69) is 60.2 Å². The van der Waals surface area contributed by atoms with E-state index >= 15 is 0 Å². The van der Waals surface area contributed by atoms with Crippen LogP contribution in [-0.2, 0) is 6.42 Å². The van der Waals surface area contributed by atoms with Gasteiger partial charge in [-0.05, 0) is 46.5 Å². The van der Waals surface area contributed by atoms with E-state index in [0.717, 1.165) is 53.2 Å². The smallest absolute Gasteiger partial charge is 0.263 e. The Morgan fingerprint density at radius 2 is 2.03 bits per heavy atom. The number of ether oxygens (including phenoxy) is 1. The van der Waals surface area contributed by atoms with Crippen molar-refractivity contribution in [2.24, 2.45) is 0 Å². The van der Waals surface area contributed by atoms with Gasteiger partial charge in [0, 0.05) is 43.9 Å². The molecular formula is C22H31N5O2S. The summed E-state index contributed by atoms with van der Waals surface area (Å²) in [5, 5.41) is 3.94. The number of nitrogens with one attached hydrogen (secondary N) is 1. The zero-order chi connectivity index (χ0) is 21.6. The molecule has 0 aliphatic carbocycles. The van der Waals surface area contributed by atoms with Gasteiger partial charge < -0.3 is 24.8 Å². The lowest BCUT2D eigenvalue weighted by Crippen LogP contribution is -2.48. The van der Waals surface area contributed by atoms with Gasteiger partial charge in [0.1, 0.15) is 17.2 Å². The Morgan fingerprint density at radius 3 is 2.77 bits per heavy atom. The zero-order valence-electron chi connectivity index (χ0n) is 18.7. The third kappa shape index (κ3) is 3.98. The number of thiazole rings is 1. The number of benzene rings is 1. The molecule has 0 spiro atoms. The maximum absolute atomic E-state index is 12.5. The summed E-state index contributed by atoms with van der Waals surface area (Å²) in [6.07, 6.45) is 0.746. The maximum Gasteiger partial charge on any atom is 0.263 e. The van der Waals surface area contributed by atoms with Crippen LogP contribution >= 0.6 is 11.3 Å². The van der Waals surface area contributed by atoms with Crippen LogP contribution in [0.3, 0.4) is 0 Å². The highest BCUT2D eigenvalue weighted by Crippen LogP contribution is 2.43. The van der Waals surface area contributed by atoms with Gasteiger partial charge in [-0.15, -0.1) is 0 Å². The molecular weight excluding hydrogens is 398 g/mol. The second kappa shape index (κ2) is 7.74. The van der Waals surface area contributed by atoms with Crippen molar-refractivity contribution < 1.29 is 9.53 Å². The largest absolute Gasteiger partial charge is 0.489 e. The number of likely N-dealkylation sites (N-methyl/N-ethyl adjacent to an activating group) is 2. The summed E-state index contributed by atoms with van der Waals surface area (Å²) in [6, 6.07) is 4.32. The van der Waals surface area contributed by atoms with Crippen LogP contribution in [0.1, 0.15) is 34.8 Å². The second-order valence-corrected chi connectivity index (χ2v) is 10.1. The lowest BCUT2D eigenvalue weighted by molar-refractivity contribution is 0.0901. The number of amides is 1. The summed E-state index contributed by atoms with van der Waals surface area (Å²) < 4.78 is 6.02. The van der Waals surface area contributed by atoms with Crippen LogP contribution < -0.4 is 19.9 Å². The molecule has 1 amide bonds. The highest BCUT2D eigenvalue weighted by atomic mass is 32.1. The van der Waals surface area contributed by atoms with Gasteiger partial charge in [-0.1, -0.05) is 11.3 Å². The summed E-state index contributed by atoms with van der Waals surface area (Å²) in [5.41, 5.74) is 4.03. The number of aromatic nitrogens is 1. The molecule has 1 N–H and O–H groups in total. The van der Waals surface area contributed by atoms with E-state index in [-0.39, 0.29) is 11.4 Å². The SMILES string of the molecule is Cc1cc2c(cc1N(C)CCN(C)C)OCCN2c1nc2c(s1)C(=O)NC(C)(C)C2. The van der Waals surface area contributed by atoms with Crippen LogP contribution in [0.2, 0.25) is 0 Å². The van der Waals surface area contributed by atoms with Gasteiger partial charge in [0.2, 0.25) is 0 Å². The Hall–Kier alpha value is -2.32. The first-order valence-electron chi connectivity index (χ1n) is 10.4. The van der Waals surface area contributed by atoms with E-state index < -0.39 is 0 Å². The standard InChI is InChI=1S/C22H31N5O2S/c1-14-11-17-18(12-16(14)26(6)8-7-25(4)5)29-10-9-27(17)21-23-15-13-22(2,3)24-20(28)19(15)30-21/h11-12H,7-10,13H2,1-6H3,(H,24,28). The van der Waals surface area contributed by atoms with Gasteiger partial charge in [0.15, 0.2) is 5.13 Å². The molecule has 162 valence electrons. The van der Waals surface area contributed by atoms with Crippen LogP contribution in [0.25, 0.3) is 0 Å². The van der Waals surface area contributed by atoms with E-state index in [0.29, 0.717) is 6.61 Å². The lowest BCUT2D eigenvalue weighted by atomic mass is 9.94. The van der Waals surface area contributed by atoms with E-state index in [1.807, 2.05) is 13.8 Å². The van der Waals surface area contributed by atoms with Crippen molar-refractivity contribution in [2.75, 3.05) is 57.2 Å². The summed E-state index contributed by atoms with van der Waals surface area (Å²) in [6.45, 7) is 9.46. The zero-order valence-corrected chi connectivity index (χ0v) is 19.5. The van der Waals surface area contributed by atoms with Crippen molar-refractivity contribution in [3.05, 3.63) is 28.3 Å². The molecule has 30 heavy (non-hydrogen) atoms. The molecule has 1 aromatic heterocycles. The highest BCUT2D eigenvalue weighted by Gasteiger charge is 2.35. The maximum atomic E-state index is 12.5. The van der Waals surface area contributed by atoms with E-state index in [4.69, 9.17) is 9.72 Å². The molecule has 0 unspecified atom stereocenters. The minimum Gasteiger partial charge on any atom is -0.489 e. The Labute approximate surface area is 182 Å². The van der Waals surface area contributed by atoms with E-state index in [9.17, 15) is 4.79 Å². The fourth-order valence-corrected chi connectivity index (χ4v) is 5.03. The molecule has 0 saturated heterocycles. The van der Waals surface area contributed by atoms with Crippen LogP contribution in [-0.4, -0.2) is 68.7 Å². The second-order valence-electron chi connectivity index (χ2n) is 9.12. The number of hydrogen-bond donors (Lipinski definition) is 1. The molecule has 4 rings (SSSR count). The Balaban J connectivity index is 1.65. The van der Waals surface area contributed by atoms with Crippen molar-refractivity contribution >= 4 is 33.8 Å².